The van der Waals surface area contributed by atoms with E-state index < -0.39 is 24.0 Å². The van der Waals surface area contributed by atoms with Crippen molar-refractivity contribution in [1.82, 2.24) is 9.88 Å². The molecule has 0 saturated heterocycles. The van der Waals surface area contributed by atoms with Gasteiger partial charge in [0.15, 0.2) is 0 Å². The zero-order chi connectivity index (χ0) is 18.8. The van der Waals surface area contributed by atoms with Crippen LogP contribution in [0.5, 0.6) is 5.75 Å². The molecule has 6 nitrogen and oxygen atoms in total. The Morgan fingerprint density at radius 2 is 1.96 bits per heavy atom. The average molecular weight is 358 g/mol. The molecule has 0 fully saturated rings. The molecule has 1 heterocycles. The summed E-state index contributed by atoms with van der Waals surface area (Å²) in [5.41, 5.74) is 0.477. The van der Waals surface area contributed by atoms with E-state index in [1.165, 1.54) is 17.0 Å². The number of carboxylic acid groups (broad SMARTS) is 1. The molecule has 0 unspecified atom stereocenters. The van der Waals surface area contributed by atoms with Crippen LogP contribution < -0.4 is 4.74 Å². The van der Waals surface area contributed by atoms with Crippen molar-refractivity contribution in [2.45, 2.75) is 32.7 Å². The van der Waals surface area contributed by atoms with E-state index in [4.69, 9.17) is 5.11 Å². The molecule has 0 aliphatic heterocycles. The number of benzene rings is 1. The predicted octanol–water partition coefficient (Wildman–Crippen LogP) is 3.39. The summed E-state index contributed by atoms with van der Waals surface area (Å²) in [5.74, 6) is -1.85. The standard InChI is InChI=1S/C16H17F3N2O4/c1-9(2)21(6-5-14(22)23)15(24)13-7-10-3-4-11(8-12(10)20-13)25-16(17,18)19/h3-4,7-9,20H,5-6H2,1-2H3,(H,22,23). The lowest BCUT2D eigenvalue weighted by atomic mass is 10.2. The first kappa shape index (κ1) is 18.6. The van der Waals surface area contributed by atoms with Crippen molar-refractivity contribution in [2.75, 3.05) is 6.54 Å². The number of carbonyl (C=O) groups excluding carboxylic acids is 1. The van der Waals surface area contributed by atoms with E-state index in [-0.39, 0.29) is 24.7 Å². The van der Waals surface area contributed by atoms with Gasteiger partial charge in [-0.15, -0.1) is 13.2 Å². The fourth-order valence-corrected chi connectivity index (χ4v) is 2.38. The molecule has 1 amide bonds. The van der Waals surface area contributed by atoms with Crippen LogP contribution in [0.15, 0.2) is 24.3 Å². The van der Waals surface area contributed by atoms with Gasteiger partial charge in [-0.1, -0.05) is 0 Å². The quantitative estimate of drug-likeness (QED) is 0.829. The van der Waals surface area contributed by atoms with Gasteiger partial charge in [-0.2, -0.15) is 0 Å². The Bertz CT molecular complexity index is 783. The molecule has 0 atom stereocenters. The molecule has 0 saturated carbocycles. The summed E-state index contributed by atoms with van der Waals surface area (Å²) < 4.78 is 40.7. The number of carbonyl (C=O) groups is 2. The van der Waals surface area contributed by atoms with Crippen molar-refractivity contribution in [1.29, 1.82) is 0 Å². The smallest absolute Gasteiger partial charge is 0.481 e. The fraction of sp³-hybridized carbons (Fsp3) is 0.375. The number of hydrogen-bond acceptors (Lipinski definition) is 3. The molecule has 136 valence electrons. The first-order chi connectivity index (χ1) is 11.6. The number of nitrogens with one attached hydrogen (secondary N) is 1. The number of rotatable bonds is 6. The van der Waals surface area contributed by atoms with Gasteiger partial charge in [0.2, 0.25) is 0 Å². The maximum Gasteiger partial charge on any atom is 0.573 e. The molecule has 25 heavy (non-hydrogen) atoms. The van der Waals surface area contributed by atoms with Gasteiger partial charge in [-0.05, 0) is 32.0 Å². The molecule has 0 aliphatic rings. The molecule has 0 radical (unpaired) electrons. The van der Waals surface area contributed by atoms with Crippen LogP contribution in [0.3, 0.4) is 0 Å². The highest BCUT2D eigenvalue weighted by atomic mass is 19.4. The second-order valence-electron chi connectivity index (χ2n) is 5.72. The number of aromatic amines is 1. The number of alkyl halides is 3. The number of nitrogens with zero attached hydrogens (tertiary/aromatic N) is 1. The lowest BCUT2D eigenvalue weighted by Crippen LogP contribution is -2.38. The third-order valence-corrected chi connectivity index (χ3v) is 3.51. The average Bonchev–Trinajstić information content (AvgIpc) is 2.87. The summed E-state index contributed by atoms with van der Waals surface area (Å²) >= 11 is 0. The van der Waals surface area contributed by atoms with Gasteiger partial charge in [0, 0.05) is 29.6 Å². The van der Waals surface area contributed by atoms with E-state index >= 15 is 0 Å². The van der Waals surface area contributed by atoms with Gasteiger partial charge in [0.05, 0.1) is 6.42 Å². The van der Waals surface area contributed by atoms with E-state index in [1.807, 2.05) is 0 Å². The molecule has 2 rings (SSSR count). The van der Waals surface area contributed by atoms with Gasteiger partial charge in [0.1, 0.15) is 11.4 Å². The second-order valence-corrected chi connectivity index (χ2v) is 5.72. The first-order valence-electron chi connectivity index (χ1n) is 7.48. The van der Waals surface area contributed by atoms with Crippen LogP contribution in [0, 0.1) is 0 Å². The van der Waals surface area contributed by atoms with Gasteiger partial charge in [-0.3, -0.25) is 9.59 Å². The number of hydrogen-bond donors (Lipinski definition) is 2. The maximum atomic E-state index is 12.6. The topological polar surface area (TPSA) is 82.6 Å². The molecule has 0 aliphatic carbocycles. The van der Waals surface area contributed by atoms with Crippen LogP contribution in [0.4, 0.5) is 13.2 Å². The number of ether oxygens (including phenoxy) is 1. The molecule has 1 aromatic carbocycles. The molecule has 0 spiro atoms. The molecular weight excluding hydrogens is 341 g/mol. The molecule has 2 aromatic rings. The van der Waals surface area contributed by atoms with E-state index in [2.05, 4.69) is 9.72 Å². The normalized spacial score (nSPS) is 11.8. The van der Waals surface area contributed by atoms with Crippen LogP contribution in [0.25, 0.3) is 10.9 Å². The number of halogens is 3. The summed E-state index contributed by atoms with van der Waals surface area (Å²) in [4.78, 5) is 27.4. The Balaban J connectivity index is 2.27. The summed E-state index contributed by atoms with van der Waals surface area (Å²) in [6.45, 7) is 3.53. The molecule has 9 heteroatoms. The minimum atomic E-state index is -4.80. The minimum absolute atomic E-state index is 0.0314. The fourth-order valence-electron chi connectivity index (χ4n) is 2.38. The SMILES string of the molecule is CC(C)N(CCC(=O)O)C(=O)c1cc2ccc(OC(F)(F)F)cc2[nH]1. The Kier molecular flexibility index (Phi) is 5.24. The lowest BCUT2D eigenvalue weighted by Gasteiger charge is -2.25. The van der Waals surface area contributed by atoms with Crippen LogP contribution in [0.1, 0.15) is 30.8 Å². The van der Waals surface area contributed by atoms with E-state index in [1.54, 1.807) is 13.8 Å². The molecule has 0 bridgehead atoms. The highest BCUT2D eigenvalue weighted by molar-refractivity contribution is 5.98. The molecule has 1 aromatic heterocycles. The Morgan fingerprint density at radius 3 is 2.52 bits per heavy atom. The largest absolute Gasteiger partial charge is 0.573 e. The second kappa shape index (κ2) is 7.04. The van der Waals surface area contributed by atoms with E-state index in [0.717, 1.165) is 12.1 Å². The van der Waals surface area contributed by atoms with Crippen LogP contribution in [-0.4, -0.2) is 45.8 Å². The van der Waals surface area contributed by atoms with Crippen molar-refractivity contribution in [3.8, 4) is 5.75 Å². The van der Waals surface area contributed by atoms with Gasteiger partial charge in [-0.25, -0.2) is 0 Å². The van der Waals surface area contributed by atoms with Crippen LogP contribution in [-0.2, 0) is 4.79 Å². The summed E-state index contributed by atoms with van der Waals surface area (Å²) in [5, 5.41) is 9.32. The number of H-pyrrole nitrogens is 1. The zero-order valence-corrected chi connectivity index (χ0v) is 13.6. The third kappa shape index (κ3) is 4.88. The summed E-state index contributed by atoms with van der Waals surface area (Å²) in [7, 11) is 0. The number of amides is 1. The molecule has 2 N–H and O–H groups in total. The number of fused-ring (bicyclic) bond motifs is 1. The van der Waals surface area contributed by atoms with Crippen molar-refractivity contribution in [3.63, 3.8) is 0 Å². The van der Waals surface area contributed by atoms with E-state index in [0.29, 0.717) is 10.9 Å². The van der Waals surface area contributed by atoms with Crippen molar-refractivity contribution in [2.24, 2.45) is 0 Å². The highest BCUT2D eigenvalue weighted by Crippen LogP contribution is 2.27. The molecular formula is C16H17F3N2O4. The first-order valence-corrected chi connectivity index (χ1v) is 7.48. The van der Waals surface area contributed by atoms with Crippen LogP contribution in [0.2, 0.25) is 0 Å². The van der Waals surface area contributed by atoms with Gasteiger partial charge >= 0.3 is 12.3 Å². The Hall–Kier alpha value is -2.71. The van der Waals surface area contributed by atoms with Crippen molar-refractivity contribution < 1.29 is 32.6 Å². The lowest BCUT2D eigenvalue weighted by molar-refractivity contribution is -0.274. The van der Waals surface area contributed by atoms with Crippen LogP contribution >= 0.6 is 0 Å². The number of carboxylic acids is 1. The van der Waals surface area contributed by atoms with Gasteiger partial charge < -0.3 is 19.7 Å². The number of aliphatic carboxylic acids is 1. The third-order valence-electron chi connectivity index (χ3n) is 3.51. The van der Waals surface area contributed by atoms with E-state index in [9.17, 15) is 22.8 Å². The van der Waals surface area contributed by atoms with Crippen molar-refractivity contribution in [3.05, 3.63) is 30.0 Å². The number of aromatic nitrogens is 1. The maximum absolute atomic E-state index is 12.6. The van der Waals surface area contributed by atoms with Crippen molar-refractivity contribution >= 4 is 22.8 Å². The zero-order valence-electron chi connectivity index (χ0n) is 13.6. The predicted molar refractivity (Wildman–Crippen MR) is 83.4 cm³/mol. The minimum Gasteiger partial charge on any atom is -0.481 e. The Morgan fingerprint density at radius 1 is 1.28 bits per heavy atom. The summed E-state index contributed by atoms with van der Waals surface area (Å²) in [6, 6.07) is 4.98. The summed E-state index contributed by atoms with van der Waals surface area (Å²) in [6.07, 6.45) is -5.00. The Labute approximate surface area is 141 Å². The monoisotopic (exact) mass is 358 g/mol. The highest BCUT2D eigenvalue weighted by Gasteiger charge is 2.31. The van der Waals surface area contributed by atoms with Gasteiger partial charge in [0.25, 0.3) is 5.91 Å².